The normalized spacial score (nSPS) is 21.3. The van der Waals surface area contributed by atoms with Gasteiger partial charge in [-0.3, -0.25) is 77.1 Å². The second-order valence-corrected chi connectivity index (χ2v) is 28.8. The van der Waals surface area contributed by atoms with Crippen LogP contribution in [0.1, 0.15) is 56.7 Å². The molecule has 0 radical (unpaired) electrons. The number of benzene rings is 4. The number of aliphatic hydroxyl groups excluding tert-OH is 1. The molecule has 2 aliphatic rings. The van der Waals surface area contributed by atoms with Crippen LogP contribution >= 0.6 is 21.6 Å². The van der Waals surface area contributed by atoms with E-state index in [9.17, 15) is 63.9 Å². The zero-order valence-electron chi connectivity index (χ0n) is 58.3. The number of nitrogens with two attached hydrogens (primary N) is 2. The standard InChI is InChI=1S/C70H95N15O17S2/c1-41(2)61-70(102)79-56(69(101)81-62(42(3)86)63(72)95)40-104-103-39-55(68(100)76-53(31-43-16-19-48(87)20-17-43)66(98)77-54(33-47-34-73-50-13-7-6-12-49(47)50)67(99)75-51(64(96)80-61)14-8-9-21-71)78-65(97)52(32-44-15-18-45-10-4-5-11-46(45)30-44)74-57(88)35-82-22-24-83(36-58(89)90)26-28-85(38-60(93)94)29-27-84(25-23-82)37-59(91)92/h4-7,10-13,15-20,30,34,41-42,51-56,61-62,73,86-87H,8-9,14,21-29,31-33,35-40,71H2,1-3H3,(H2,72,95)(H,74,88)(H,75,99)(H,76,100)(H,77,98)(H,78,97)(H,79,102)(H,80,96)(H,81,101)(H,89,90)(H,91,92)(H,93,94)/t42-,51+,52-,53+,54-,55+,56+,61+,62+/m1/s1. The number of nitrogens with one attached hydrogen (secondary N) is 9. The SMILES string of the molecule is CC(C)[C@@H]1NC(=O)[C@H](CCCCN)NC(=O)[C@@H](Cc2c[nH]c3ccccc23)NC(=O)[C@H](Cc2ccc(O)cc2)NC(=O)[C@@H](NC(=O)[C@@H](Cc2ccc3ccccc3c2)NC(=O)CN2CCN(CC(=O)O)CCN(CC(=O)O)CCN(CC(=O)O)CC2)CSSC[C@@H](C(=O)N[C@H](C(N)=O)[C@@H](C)O)NC1=O. The summed E-state index contributed by atoms with van der Waals surface area (Å²) < 4.78 is 0. The van der Waals surface area contributed by atoms with Crippen LogP contribution in [-0.4, -0.2) is 272 Å². The summed E-state index contributed by atoms with van der Waals surface area (Å²) in [4.78, 5) is 178. The molecule has 0 aliphatic carbocycles. The molecule has 2 fully saturated rings. The number of aromatic nitrogens is 1. The van der Waals surface area contributed by atoms with Crippen LogP contribution in [-0.2, 0) is 76.8 Å². The zero-order chi connectivity index (χ0) is 75.6. The quantitative estimate of drug-likeness (QED) is 0.0220. The van der Waals surface area contributed by atoms with Crippen molar-refractivity contribution in [2.75, 3.05) is 96.6 Å². The van der Waals surface area contributed by atoms with Gasteiger partial charge in [-0.05, 0) is 84.3 Å². The maximum Gasteiger partial charge on any atom is 0.317 e. The lowest BCUT2D eigenvalue weighted by Gasteiger charge is -2.33. The number of nitrogens with zero attached hydrogens (tertiary/aromatic N) is 4. The van der Waals surface area contributed by atoms with E-state index in [0.29, 0.717) is 40.4 Å². The van der Waals surface area contributed by atoms with Crippen LogP contribution in [0.15, 0.2) is 97.2 Å². The molecule has 0 spiro atoms. The number of hydrogen-bond acceptors (Lipinski definition) is 21. The highest BCUT2D eigenvalue weighted by molar-refractivity contribution is 8.76. The number of phenols is 1. The molecule has 18 N–H and O–H groups in total. The molecule has 3 heterocycles. The Morgan fingerprint density at radius 3 is 1.69 bits per heavy atom. The molecule has 9 amide bonds. The highest BCUT2D eigenvalue weighted by Crippen LogP contribution is 2.26. The number of H-pyrrole nitrogens is 1. The third-order valence-corrected chi connectivity index (χ3v) is 20.2. The third kappa shape index (κ3) is 26.1. The monoisotopic (exact) mass is 1480 g/mol. The molecule has 34 heteroatoms. The Kier molecular flexibility index (Phi) is 32.0. The highest BCUT2D eigenvalue weighted by Gasteiger charge is 2.38. The number of carboxylic acids is 3. The van der Waals surface area contributed by atoms with E-state index in [1.54, 1.807) is 63.9 Å². The minimum Gasteiger partial charge on any atom is -0.508 e. The van der Waals surface area contributed by atoms with Crippen molar-refractivity contribution in [2.45, 2.75) is 114 Å². The van der Waals surface area contributed by atoms with E-state index in [1.165, 1.54) is 31.2 Å². The van der Waals surface area contributed by atoms with Crippen molar-refractivity contribution in [3.63, 3.8) is 0 Å². The summed E-state index contributed by atoms with van der Waals surface area (Å²) in [7, 11) is 1.83. The number of amides is 9. The number of phenolic OH excluding ortho intramolecular Hbond substituents is 1. The maximum atomic E-state index is 15.5. The van der Waals surface area contributed by atoms with E-state index in [4.69, 9.17) is 11.5 Å². The number of unbranched alkanes of at least 4 members (excludes halogenated alkanes) is 1. The lowest BCUT2D eigenvalue weighted by molar-refractivity contribution is -0.140. The number of carbonyl (C=O) groups is 12. The average Bonchev–Trinajstić information content (AvgIpc) is 1.57. The maximum absolute atomic E-state index is 15.5. The van der Waals surface area contributed by atoms with E-state index in [2.05, 4.69) is 47.5 Å². The topological polar surface area (TPSA) is 483 Å². The lowest BCUT2D eigenvalue weighted by atomic mass is 10.00. The van der Waals surface area contributed by atoms with Crippen LogP contribution in [0.2, 0.25) is 0 Å². The molecule has 2 aliphatic heterocycles. The Labute approximate surface area is 609 Å². The number of aromatic amines is 1. The van der Waals surface area contributed by atoms with Crippen LogP contribution in [0.4, 0.5) is 0 Å². The lowest BCUT2D eigenvalue weighted by Crippen LogP contribution is -2.62. The molecule has 2 saturated heterocycles. The number of aromatic hydroxyl groups is 1. The van der Waals surface area contributed by atoms with Gasteiger partial charge >= 0.3 is 17.9 Å². The molecule has 5 aromatic rings. The van der Waals surface area contributed by atoms with Crippen LogP contribution in [0, 0.1) is 5.92 Å². The van der Waals surface area contributed by atoms with Gasteiger partial charge in [-0.25, -0.2) is 0 Å². The summed E-state index contributed by atoms with van der Waals surface area (Å²) in [6, 6.07) is 13.6. The van der Waals surface area contributed by atoms with E-state index >= 15 is 19.2 Å². The largest absolute Gasteiger partial charge is 0.508 e. The van der Waals surface area contributed by atoms with Gasteiger partial charge in [0.15, 0.2) is 0 Å². The molecule has 104 heavy (non-hydrogen) atoms. The Bertz CT molecular complexity index is 3780. The Balaban J connectivity index is 1.29. The summed E-state index contributed by atoms with van der Waals surface area (Å²) in [6.45, 7) is 3.72. The first-order valence-electron chi connectivity index (χ1n) is 34.3. The highest BCUT2D eigenvalue weighted by atomic mass is 33.1. The van der Waals surface area contributed by atoms with Gasteiger partial charge < -0.3 is 84.5 Å². The predicted octanol–water partition coefficient (Wildman–Crippen LogP) is -1.55. The van der Waals surface area contributed by atoms with Crippen molar-refractivity contribution in [1.82, 2.24) is 67.1 Å². The minimum atomic E-state index is -1.64. The summed E-state index contributed by atoms with van der Waals surface area (Å²) in [5.41, 5.74) is 13.7. The fourth-order valence-corrected chi connectivity index (χ4v) is 14.4. The molecule has 9 atom stereocenters. The summed E-state index contributed by atoms with van der Waals surface area (Å²) >= 11 is 0. The summed E-state index contributed by atoms with van der Waals surface area (Å²) in [5, 5.41) is 74.5. The first-order valence-corrected chi connectivity index (χ1v) is 36.8. The van der Waals surface area contributed by atoms with Gasteiger partial charge in [0, 0.05) is 100 Å². The number of primary amides is 1. The first kappa shape index (κ1) is 81.9. The number of carboxylic acid groups (broad SMARTS) is 3. The third-order valence-electron chi connectivity index (χ3n) is 17.8. The molecule has 0 saturated carbocycles. The Morgan fingerprint density at radius 1 is 0.587 bits per heavy atom. The van der Waals surface area contributed by atoms with Crippen LogP contribution < -0.4 is 54.0 Å². The summed E-state index contributed by atoms with van der Waals surface area (Å²) in [5.74, 6) is -13.1. The molecule has 32 nitrogen and oxygen atoms in total. The molecular weight excluding hydrogens is 1390 g/mol. The van der Waals surface area contributed by atoms with Gasteiger partial charge in [0.25, 0.3) is 0 Å². The Morgan fingerprint density at radius 2 is 1.12 bits per heavy atom. The first-order chi connectivity index (χ1) is 49.6. The van der Waals surface area contributed by atoms with Gasteiger partial charge in [-0.1, -0.05) is 108 Å². The van der Waals surface area contributed by atoms with Crippen LogP contribution in [0.25, 0.3) is 21.7 Å². The van der Waals surface area contributed by atoms with Gasteiger partial charge in [0.05, 0.1) is 32.3 Å². The van der Waals surface area contributed by atoms with Crippen molar-refractivity contribution in [3.8, 4) is 5.75 Å². The molecule has 1 aromatic heterocycles. The molecular formula is C70H95N15O17S2. The minimum absolute atomic E-state index is 0.00269. The van der Waals surface area contributed by atoms with Gasteiger partial charge in [0.1, 0.15) is 54.1 Å². The molecule has 564 valence electrons. The molecule has 0 unspecified atom stereocenters. The van der Waals surface area contributed by atoms with Crippen molar-refractivity contribution in [1.29, 1.82) is 0 Å². The predicted molar refractivity (Wildman–Crippen MR) is 389 cm³/mol. The number of para-hydroxylation sites is 1. The van der Waals surface area contributed by atoms with E-state index in [0.717, 1.165) is 32.4 Å². The fourth-order valence-electron chi connectivity index (χ4n) is 12.0. The number of fused-ring (bicyclic) bond motifs is 2. The van der Waals surface area contributed by atoms with Crippen molar-refractivity contribution in [2.24, 2.45) is 17.4 Å². The fraction of sp³-hybridized carbons (Fsp3) is 0.486. The van der Waals surface area contributed by atoms with E-state index in [-0.39, 0.29) is 108 Å². The Hall–Kier alpha value is -9.42. The molecule has 0 bridgehead atoms. The van der Waals surface area contributed by atoms with E-state index < -0.39 is 151 Å². The number of aliphatic carboxylic acids is 3. The second-order valence-electron chi connectivity index (χ2n) is 26.2. The molecule has 4 aromatic carbocycles. The van der Waals surface area contributed by atoms with Gasteiger partial charge in [0.2, 0.25) is 53.2 Å². The van der Waals surface area contributed by atoms with Crippen LogP contribution in [0.3, 0.4) is 0 Å². The summed E-state index contributed by atoms with van der Waals surface area (Å²) in [6.07, 6.45) is 0.251. The van der Waals surface area contributed by atoms with Crippen LogP contribution in [0.5, 0.6) is 5.75 Å². The second kappa shape index (κ2) is 40.6. The van der Waals surface area contributed by atoms with Crippen molar-refractivity contribution < 1.29 is 83.1 Å². The van der Waals surface area contributed by atoms with E-state index in [1.807, 2.05) is 42.5 Å². The number of carbonyl (C=O) groups excluding carboxylic acids is 9. The van der Waals surface area contributed by atoms with Crippen molar-refractivity contribution in [3.05, 3.63) is 114 Å². The average molecular weight is 1480 g/mol. The zero-order valence-corrected chi connectivity index (χ0v) is 59.9. The number of aliphatic hydroxyl groups is 1. The molecule has 7 rings (SSSR count). The van der Waals surface area contributed by atoms with Gasteiger partial charge in [-0.15, -0.1) is 0 Å². The van der Waals surface area contributed by atoms with Gasteiger partial charge in [-0.2, -0.15) is 0 Å². The van der Waals surface area contributed by atoms with Crippen molar-refractivity contribution >= 4 is 114 Å². The number of hydrogen-bond donors (Lipinski definition) is 16. The number of rotatable bonds is 26. The smallest absolute Gasteiger partial charge is 0.317 e.